The van der Waals surface area contributed by atoms with Crippen molar-refractivity contribution in [1.82, 2.24) is 10.8 Å². The van der Waals surface area contributed by atoms with Crippen LogP contribution in [-0.2, 0) is 11.3 Å². The number of carbonyl (C=O) groups excluding carboxylic acids is 1. The minimum absolute atomic E-state index is 0.0765. The summed E-state index contributed by atoms with van der Waals surface area (Å²) in [4.78, 5) is 16.3. The fourth-order valence-electron chi connectivity index (χ4n) is 2.04. The smallest absolute Gasteiger partial charge is 0.276 e. The van der Waals surface area contributed by atoms with Crippen molar-refractivity contribution in [2.75, 3.05) is 6.54 Å². The quantitative estimate of drug-likeness (QED) is 0.763. The summed E-state index contributed by atoms with van der Waals surface area (Å²) in [5.74, 6) is 0.825. The van der Waals surface area contributed by atoms with Gasteiger partial charge < -0.3 is 15.3 Å². The third-order valence-corrected chi connectivity index (χ3v) is 3.36. The van der Waals surface area contributed by atoms with E-state index in [1.54, 1.807) is 6.08 Å². The molecule has 2 aliphatic rings. The summed E-state index contributed by atoms with van der Waals surface area (Å²) in [5.41, 5.74) is 3.70. The average molecular weight is 260 g/mol. The van der Waals surface area contributed by atoms with Gasteiger partial charge in [0.2, 0.25) is 5.75 Å². The maximum absolute atomic E-state index is 11.2. The SMILES string of the molecule is O=C1C=Cc2ccc(CNCC3CC3)c(O)c2ON1. The molecule has 3 rings (SSSR count). The van der Waals surface area contributed by atoms with Crippen LogP contribution in [-0.4, -0.2) is 17.6 Å². The highest BCUT2D eigenvalue weighted by atomic mass is 16.7. The first-order chi connectivity index (χ1) is 9.24. The molecular formula is C14H16N2O3. The highest BCUT2D eigenvalue weighted by molar-refractivity contribution is 5.92. The van der Waals surface area contributed by atoms with Crippen molar-refractivity contribution < 1.29 is 14.7 Å². The standard InChI is InChI=1S/C14H16N2O3/c17-12-6-5-10-3-4-11(8-15-7-9-1-2-9)13(18)14(10)19-16-12/h3-6,9,15,18H,1-2,7-8H2,(H,16,17). The van der Waals surface area contributed by atoms with Gasteiger partial charge >= 0.3 is 0 Å². The van der Waals surface area contributed by atoms with E-state index >= 15 is 0 Å². The monoisotopic (exact) mass is 260 g/mol. The molecule has 1 heterocycles. The van der Waals surface area contributed by atoms with Crippen molar-refractivity contribution in [2.24, 2.45) is 5.92 Å². The molecule has 1 amide bonds. The van der Waals surface area contributed by atoms with E-state index in [-0.39, 0.29) is 11.7 Å². The van der Waals surface area contributed by atoms with Gasteiger partial charge in [0.05, 0.1) is 0 Å². The molecule has 0 spiro atoms. The van der Waals surface area contributed by atoms with Crippen LogP contribution in [0.1, 0.15) is 24.0 Å². The van der Waals surface area contributed by atoms with Crippen molar-refractivity contribution in [3.05, 3.63) is 29.3 Å². The molecular weight excluding hydrogens is 244 g/mol. The number of hydroxylamine groups is 1. The van der Waals surface area contributed by atoms with Gasteiger partial charge in [0.15, 0.2) is 5.75 Å². The number of aromatic hydroxyl groups is 1. The van der Waals surface area contributed by atoms with E-state index in [9.17, 15) is 9.90 Å². The summed E-state index contributed by atoms with van der Waals surface area (Å²) in [7, 11) is 0. The van der Waals surface area contributed by atoms with Crippen LogP contribution >= 0.6 is 0 Å². The third kappa shape index (κ3) is 2.71. The van der Waals surface area contributed by atoms with E-state index in [4.69, 9.17) is 4.84 Å². The number of rotatable bonds is 4. The zero-order valence-corrected chi connectivity index (χ0v) is 10.5. The Kier molecular flexibility index (Phi) is 3.13. The van der Waals surface area contributed by atoms with Crippen molar-refractivity contribution in [3.63, 3.8) is 0 Å². The number of phenols is 1. The van der Waals surface area contributed by atoms with Gasteiger partial charge in [-0.05, 0) is 31.4 Å². The molecule has 1 aliphatic carbocycles. The second-order valence-electron chi connectivity index (χ2n) is 4.97. The minimum atomic E-state index is -0.344. The first-order valence-corrected chi connectivity index (χ1v) is 6.44. The van der Waals surface area contributed by atoms with Crippen LogP contribution in [0.3, 0.4) is 0 Å². The largest absolute Gasteiger partial charge is 0.504 e. The van der Waals surface area contributed by atoms with Crippen LogP contribution in [0.4, 0.5) is 0 Å². The Morgan fingerprint density at radius 3 is 3.00 bits per heavy atom. The van der Waals surface area contributed by atoms with E-state index in [1.165, 1.54) is 18.9 Å². The third-order valence-electron chi connectivity index (χ3n) is 3.36. The van der Waals surface area contributed by atoms with Crippen LogP contribution in [0.5, 0.6) is 11.5 Å². The van der Waals surface area contributed by atoms with Gasteiger partial charge in [-0.25, -0.2) is 0 Å². The fraction of sp³-hybridized carbons (Fsp3) is 0.357. The molecule has 100 valence electrons. The van der Waals surface area contributed by atoms with E-state index in [0.29, 0.717) is 17.9 Å². The van der Waals surface area contributed by atoms with Crippen molar-refractivity contribution in [1.29, 1.82) is 0 Å². The first kappa shape index (κ1) is 12.0. The van der Waals surface area contributed by atoms with Crippen LogP contribution in [0, 0.1) is 5.92 Å². The predicted octanol–water partition coefficient (Wildman–Crippen LogP) is 1.33. The fourth-order valence-corrected chi connectivity index (χ4v) is 2.04. The predicted molar refractivity (Wildman–Crippen MR) is 70.3 cm³/mol. The second kappa shape index (κ2) is 4.93. The molecule has 0 saturated heterocycles. The molecule has 1 saturated carbocycles. The van der Waals surface area contributed by atoms with Gasteiger partial charge in [-0.15, -0.1) is 0 Å². The van der Waals surface area contributed by atoms with E-state index in [2.05, 4.69) is 10.8 Å². The number of hydrogen-bond donors (Lipinski definition) is 3. The lowest BCUT2D eigenvalue weighted by molar-refractivity contribution is -0.122. The summed E-state index contributed by atoms with van der Waals surface area (Å²) < 4.78 is 0. The highest BCUT2D eigenvalue weighted by Crippen LogP contribution is 2.35. The van der Waals surface area contributed by atoms with Gasteiger partial charge in [0.25, 0.3) is 5.91 Å². The zero-order valence-electron chi connectivity index (χ0n) is 10.5. The van der Waals surface area contributed by atoms with E-state index in [1.807, 2.05) is 12.1 Å². The van der Waals surface area contributed by atoms with E-state index in [0.717, 1.165) is 18.0 Å². The highest BCUT2D eigenvalue weighted by Gasteiger charge is 2.21. The Morgan fingerprint density at radius 2 is 2.21 bits per heavy atom. The van der Waals surface area contributed by atoms with Crippen LogP contribution in [0.15, 0.2) is 18.2 Å². The average Bonchev–Trinajstić information content (AvgIpc) is 3.21. The van der Waals surface area contributed by atoms with Gasteiger partial charge in [-0.3, -0.25) is 4.79 Å². The normalized spacial score (nSPS) is 17.4. The van der Waals surface area contributed by atoms with Crippen LogP contribution < -0.4 is 15.6 Å². The zero-order chi connectivity index (χ0) is 13.2. The number of carbonyl (C=O) groups is 1. The van der Waals surface area contributed by atoms with Crippen molar-refractivity contribution in [3.8, 4) is 11.5 Å². The Bertz CT molecular complexity index is 536. The van der Waals surface area contributed by atoms with Gasteiger partial charge in [-0.1, -0.05) is 12.1 Å². The van der Waals surface area contributed by atoms with Crippen LogP contribution in [0.2, 0.25) is 0 Å². The number of phenolic OH excluding ortho intramolecular Hbond substituents is 1. The number of fused-ring (bicyclic) bond motifs is 1. The molecule has 0 bridgehead atoms. The van der Waals surface area contributed by atoms with Crippen molar-refractivity contribution in [2.45, 2.75) is 19.4 Å². The molecule has 1 aromatic rings. The lowest BCUT2D eigenvalue weighted by atomic mass is 10.1. The number of hydrogen-bond acceptors (Lipinski definition) is 4. The summed E-state index contributed by atoms with van der Waals surface area (Å²) >= 11 is 0. The second-order valence-corrected chi connectivity index (χ2v) is 4.97. The molecule has 19 heavy (non-hydrogen) atoms. The summed E-state index contributed by atoms with van der Waals surface area (Å²) in [6.07, 6.45) is 5.58. The summed E-state index contributed by atoms with van der Waals surface area (Å²) in [5, 5.41) is 13.5. The van der Waals surface area contributed by atoms with Crippen LogP contribution in [0.25, 0.3) is 6.08 Å². The lowest BCUT2D eigenvalue weighted by Gasteiger charge is -2.12. The molecule has 1 aromatic carbocycles. The summed E-state index contributed by atoms with van der Waals surface area (Å²) in [6.45, 7) is 1.57. The molecule has 1 aliphatic heterocycles. The molecule has 0 unspecified atom stereocenters. The number of nitrogens with one attached hydrogen (secondary N) is 2. The maximum atomic E-state index is 11.2. The molecule has 0 atom stereocenters. The van der Waals surface area contributed by atoms with Gasteiger partial charge in [0, 0.05) is 23.7 Å². The lowest BCUT2D eigenvalue weighted by Crippen LogP contribution is -2.24. The molecule has 3 N–H and O–H groups in total. The molecule has 0 aromatic heterocycles. The topological polar surface area (TPSA) is 70.6 Å². The minimum Gasteiger partial charge on any atom is -0.504 e. The Balaban J connectivity index is 1.76. The van der Waals surface area contributed by atoms with Gasteiger partial charge in [-0.2, -0.15) is 5.48 Å². The number of amides is 1. The first-order valence-electron chi connectivity index (χ1n) is 6.44. The van der Waals surface area contributed by atoms with Crippen molar-refractivity contribution >= 4 is 12.0 Å². The molecule has 1 fully saturated rings. The Hall–Kier alpha value is -2.01. The maximum Gasteiger partial charge on any atom is 0.276 e. The Morgan fingerprint density at radius 1 is 1.37 bits per heavy atom. The molecule has 5 heteroatoms. The summed E-state index contributed by atoms with van der Waals surface area (Å²) in [6, 6.07) is 3.68. The number of benzene rings is 1. The van der Waals surface area contributed by atoms with E-state index < -0.39 is 0 Å². The molecule has 0 radical (unpaired) electrons. The van der Waals surface area contributed by atoms with Gasteiger partial charge in [0.1, 0.15) is 0 Å². The Labute approximate surface area is 111 Å². The molecule has 5 nitrogen and oxygen atoms in total.